The zero-order chi connectivity index (χ0) is 15.4. The average molecular weight is 323 g/mol. The van der Waals surface area contributed by atoms with Crippen molar-refractivity contribution in [1.29, 1.82) is 0 Å². The first kappa shape index (κ1) is 16.1. The molecule has 0 saturated heterocycles. The molecule has 1 aromatic rings. The lowest BCUT2D eigenvalue weighted by molar-refractivity contribution is -0.113. The summed E-state index contributed by atoms with van der Waals surface area (Å²) in [6, 6.07) is 5.68. The standard InChI is InChI=1S/C16H19ClN2OS/c1-4-8-19(5-2)16-18-15(20)14(21-16)10-12-9-13(17)7-6-11(12)3/h6-7,9-10H,4-5,8H2,1-3H3/b14-10+. The van der Waals surface area contributed by atoms with E-state index >= 15 is 0 Å². The Morgan fingerprint density at radius 3 is 2.81 bits per heavy atom. The van der Waals surface area contributed by atoms with Crippen LogP contribution in [0.15, 0.2) is 28.1 Å². The highest BCUT2D eigenvalue weighted by Gasteiger charge is 2.25. The largest absolute Gasteiger partial charge is 0.351 e. The Balaban J connectivity index is 2.22. The SMILES string of the molecule is CCCN(CC)C1=NC(=O)/C(=C\c2cc(Cl)ccc2C)S1. The molecule has 0 unspecified atom stereocenters. The van der Waals surface area contributed by atoms with Crippen molar-refractivity contribution in [2.75, 3.05) is 13.1 Å². The first-order chi connectivity index (χ1) is 10.0. The van der Waals surface area contributed by atoms with Crippen LogP contribution in [0.3, 0.4) is 0 Å². The molecular formula is C16H19ClN2OS. The summed E-state index contributed by atoms with van der Waals surface area (Å²) >= 11 is 7.47. The Hall–Kier alpha value is -1.26. The van der Waals surface area contributed by atoms with E-state index in [1.807, 2.05) is 31.2 Å². The highest BCUT2D eigenvalue weighted by atomic mass is 35.5. The third kappa shape index (κ3) is 3.89. The van der Waals surface area contributed by atoms with Gasteiger partial charge in [-0.25, -0.2) is 0 Å². The van der Waals surface area contributed by atoms with Crippen LogP contribution < -0.4 is 0 Å². The van der Waals surface area contributed by atoms with Crippen LogP contribution in [0.4, 0.5) is 0 Å². The Morgan fingerprint density at radius 2 is 2.14 bits per heavy atom. The molecule has 1 heterocycles. The van der Waals surface area contributed by atoms with Gasteiger partial charge >= 0.3 is 0 Å². The summed E-state index contributed by atoms with van der Waals surface area (Å²) in [6.07, 6.45) is 2.92. The van der Waals surface area contributed by atoms with Crippen LogP contribution >= 0.6 is 23.4 Å². The van der Waals surface area contributed by atoms with Gasteiger partial charge in [-0.05, 0) is 61.4 Å². The smallest absolute Gasteiger partial charge is 0.286 e. The molecule has 0 N–H and O–H groups in total. The van der Waals surface area contributed by atoms with Gasteiger partial charge in [-0.2, -0.15) is 4.99 Å². The van der Waals surface area contributed by atoms with Gasteiger partial charge in [0.2, 0.25) is 0 Å². The van der Waals surface area contributed by atoms with Gasteiger partial charge in [0.25, 0.3) is 5.91 Å². The number of aliphatic imine (C=N–C) groups is 1. The Kier molecular flexibility index (Phi) is 5.48. The van der Waals surface area contributed by atoms with Gasteiger partial charge < -0.3 is 4.90 Å². The Bertz CT molecular complexity index is 610. The minimum absolute atomic E-state index is 0.163. The van der Waals surface area contributed by atoms with Gasteiger partial charge in [0.15, 0.2) is 5.17 Å². The molecule has 1 aliphatic rings. The lowest BCUT2D eigenvalue weighted by Gasteiger charge is -2.20. The van der Waals surface area contributed by atoms with Gasteiger partial charge in [-0.15, -0.1) is 0 Å². The highest BCUT2D eigenvalue weighted by molar-refractivity contribution is 8.18. The molecule has 0 aromatic heterocycles. The van der Waals surface area contributed by atoms with Crippen LogP contribution in [0.25, 0.3) is 6.08 Å². The molecule has 0 radical (unpaired) electrons. The minimum Gasteiger partial charge on any atom is -0.351 e. The van der Waals surface area contributed by atoms with Crippen LogP contribution in [0.5, 0.6) is 0 Å². The van der Waals surface area contributed by atoms with E-state index in [9.17, 15) is 4.79 Å². The molecule has 0 saturated carbocycles. The van der Waals surface area contributed by atoms with E-state index in [1.54, 1.807) is 0 Å². The molecule has 21 heavy (non-hydrogen) atoms. The molecule has 0 aliphatic carbocycles. The van der Waals surface area contributed by atoms with Gasteiger partial charge in [0.1, 0.15) is 0 Å². The number of thioether (sulfide) groups is 1. The van der Waals surface area contributed by atoms with Crippen molar-refractivity contribution < 1.29 is 4.79 Å². The molecule has 0 bridgehead atoms. The number of nitrogens with zero attached hydrogens (tertiary/aromatic N) is 2. The number of aryl methyl sites for hydroxylation is 1. The fourth-order valence-corrected chi connectivity index (χ4v) is 3.27. The summed E-state index contributed by atoms with van der Waals surface area (Å²) < 4.78 is 0. The lowest BCUT2D eigenvalue weighted by Crippen LogP contribution is -2.28. The molecule has 0 atom stereocenters. The van der Waals surface area contributed by atoms with Crippen molar-refractivity contribution in [3.05, 3.63) is 39.3 Å². The topological polar surface area (TPSA) is 32.7 Å². The number of benzene rings is 1. The fraction of sp³-hybridized carbons (Fsp3) is 0.375. The lowest BCUT2D eigenvalue weighted by atomic mass is 10.1. The van der Waals surface area contributed by atoms with Crippen LogP contribution in [0.1, 0.15) is 31.4 Å². The highest BCUT2D eigenvalue weighted by Crippen LogP contribution is 2.31. The van der Waals surface area contributed by atoms with Crippen molar-refractivity contribution >= 4 is 40.5 Å². The van der Waals surface area contributed by atoms with Gasteiger partial charge in [-0.1, -0.05) is 24.6 Å². The number of carbonyl (C=O) groups is 1. The quantitative estimate of drug-likeness (QED) is 0.772. The zero-order valence-electron chi connectivity index (χ0n) is 12.5. The monoisotopic (exact) mass is 322 g/mol. The number of hydrogen-bond donors (Lipinski definition) is 0. The first-order valence-electron chi connectivity index (χ1n) is 7.08. The van der Waals surface area contributed by atoms with E-state index in [4.69, 9.17) is 11.6 Å². The van der Waals surface area contributed by atoms with E-state index in [-0.39, 0.29) is 5.91 Å². The Labute approximate surface area is 135 Å². The number of amides is 1. The molecule has 0 spiro atoms. The molecule has 1 amide bonds. The van der Waals surface area contributed by atoms with E-state index in [1.165, 1.54) is 11.8 Å². The van der Waals surface area contributed by atoms with Crippen LogP contribution in [-0.2, 0) is 4.79 Å². The van der Waals surface area contributed by atoms with Gasteiger partial charge in [0.05, 0.1) is 4.91 Å². The molecule has 1 aromatic carbocycles. The molecule has 112 valence electrons. The number of halogens is 1. The zero-order valence-corrected chi connectivity index (χ0v) is 14.1. The maximum Gasteiger partial charge on any atom is 0.286 e. The maximum atomic E-state index is 12.1. The number of hydrogen-bond acceptors (Lipinski definition) is 3. The van der Waals surface area contributed by atoms with Crippen molar-refractivity contribution in [2.24, 2.45) is 4.99 Å². The Morgan fingerprint density at radius 1 is 1.38 bits per heavy atom. The van der Waals surface area contributed by atoms with E-state index < -0.39 is 0 Å². The van der Waals surface area contributed by atoms with Crippen molar-refractivity contribution in [1.82, 2.24) is 4.90 Å². The third-order valence-electron chi connectivity index (χ3n) is 3.28. The summed E-state index contributed by atoms with van der Waals surface area (Å²) in [7, 11) is 0. The fourth-order valence-electron chi connectivity index (χ4n) is 2.10. The van der Waals surface area contributed by atoms with Crippen molar-refractivity contribution in [3.63, 3.8) is 0 Å². The van der Waals surface area contributed by atoms with E-state index in [2.05, 4.69) is 23.7 Å². The van der Waals surface area contributed by atoms with Crippen LogP contribution in [0, 0.1) is 6.92 Å². The number of carbonyl (C=O) groups excluding carboxylic acids is 1. The number of rotatable bonds is 4. The van der Waals surface area contributed by atoms with Crippen LogP contribution in [0.2, 0.25) is 5.02 Å². The van der Waals surface area contributed by atoms with Crippen LogP contribution in [-0.4, -0.2) is 29.1 Å². The summed E-state index contributed by atoms with van der Waals surface area (Å²) in [5.41, 5.74) is 2.06. The average Bonchev–Trinajstić information content (AvgIpc) is 2.81. The van der Waals surface area contributed by atoms with Crippen molar-refractivity contribution in [2.45, 2.75) is 27.2 Å². The van der Waals surface area contributed by atoms with Gasteiger partial charge in [0, 0.05) is 18.1 Å². The van der Waals surface area contributed by atoms with E-state index in [0.717, 1.165) is 35.8 Å². The van der Waals surface area contributed by atoms with Crippen molar-refractivity contribution in [3.8, 4) is 0 Å². The molecular weight excluding hydrogens is 304 g/mol. The predicted molar refractivity (Wildman–Crippen MR) is 91.7 cm³/mol. The molecule has 1 aliphatic heterocycles. The third-order valence-corrected chi connectivity index (χ3v) is 4.56. The van der Waals surface area contributed by atoms with E-state index in [0.29, 0.717) is 9.93 Å². The summed E-state index contributed by atoms with van der Waals surface area (Å²) in [5.74, 6) is -0.163. The molecule has 2 rings (SSSR count). The molecule has 0 fully saturated rings. The second-order valence-corrected chi connectivity index (χ2v) is 6.34. The summed E-state index contributed by atoms with van der Waals surface area (Å²) in [5, 5.41) is 1.47. The molecule has 5 heteroatoms. The predicted octanol–water partition coefficient (Wildman–Crippen LogP) is 4.35. The number of amidine groups is 1. The normalized spacial score (nSPS) is 16.5. The maximum absolute atomic E-state index is 12.1. The van der Waals surface area contributed by atoms with Gasteiger partial charge in [-0.3, -0.25) is 4.79 Å². The second-order valence-electron chi connectivity index (χ2n) is 4.89. The second kappa shape index (κ2) is 7.14. The molecule has 3 nitrogen and oxygen atoms in total. The summed E-state index contributed by atoms with van der Waals surface area (Å²) in [4.78, 5) is 19.0. The summed E-state index contributed by atoms with van der Waals surface area (Å²) in [6.45, 7) is 7.97. The first-order valence-corrected chi connectivity index (χ1v) is 8.28. The minimum atomic E-state index is -0.163.